The van der Waals surface area contributed by atoms with E-state index in [1.807, 2.05) is 0 Å². The Balaban J connectivity index is 2.62. The van der Waals surface area contributed by atoms with E-state index in [-0.39, 0.29) is 29.5 Å². The van der Waals surface area contributed by atoms with E-state index in [1.165, 1.54) is 6.92 Å². The molecular formula is C21H23F8N3O3. The van der Waals surface area contributed by atoms with Gasteiger partial charge < -0.3 is 9.47 Å². The van der Waals surface area contributed by atoms with Gasteiger partial charge in [-0.05, 0) is 45.7 Å². The monoisotopic (exact) mass is 517 g/mol. The van der Waals surface area contributed by atoms with Gasteiger partial charge in [0.2, 0.25) is 0 Å². The first-order chi connectivity index (χ1) is 15.8. The number of pyridine rings is 1. The van der Waals surface area contributed by atoms with E-state index in [9.17, 15) is 39.9 Å². The van der Waals surface area contributed by atoms with Crippen molar-refractivity contribution in [2.24, 2.45) is 5.92 Å². The number of aromatic nitrogens is 3. The summed E-state index contributed by atoms with van der Waals surface area (Å²) >= 11 is 0. The number of alkyl halides is 8. The maximum absolute atomic E-state index is 13.1. The van der Waals surface area contributed by atoms with E-state index >= 15 is 0 Å². The van der Waals surface area contributed by atoms with Crippen LogP contribution in [0.4, 0.5) is 35.1 Å². The van der Waals surface area contributed by atoms with Crippen LogP contribution >= 0.6 is 0 Å². The molecule has 0 amide bonds. The van der Waals surface area contributed by atoms with E-state index in [0.29, 0.717) is 12.3 Å². The first kappa shape index (κ1) is 28.3. The number of nitrogens with zero attached hydrogens (tertiary/aromatic N) is 3. The Labute approximate surface area is 195 Å². The van der Waals surface area contributed by atoms with E-state index in [1.54, 1.807) is 27.7 Å². The summed E-state index contributed by atoms with van der Waals surface area (Å²) in [5, 5.41) is 0. The summed E-state index contributed by atoms with van der Waals surface area (Å²) < 4.78 is 115. The highest BCUT2D eigenvalue weighted by atomic mass is 19.4. The molecule has 2 aromatic heterocycles. The molecule has 2 aromatic rings. The van der Waals surface area contributed by atoms with E-state index in [0.717, 1.165) is 4.57 Å². The molecule has 0 fully saturated rings. The highest BCUT2D eigenvalue weighted by molar-refractivity contribution is 5.89. The lowest BCUT2D eigenvalue weighted by atomic mass is 9.99. The second kappa shape index (κ2) is 9.97. The molecule has 0 aromatic carbocycles. The van der Waals surface area contributed by atoms with Crippen molar-refractivity contribution in [2.45, 2.75) is 72.0 Å². The average molecular weight is 517 g/mol. The molecule has 0 aliphatic heterocycles. The van der Waals surface area contributed by atoms with Gasteiger partial charge in [-0.25, -0.2) is 14.8 Å². The zero-order valence-corrected chi connectivity index (χ0v) is 19.3. The summed E-state index contributed by atoms with van der Waals surface area (Å²) in [6.45, 7) is 4.39. The average Bonchev–Trinajstić information content (AvgIpc) is 2.99. The van der Waals surface area contributed by atoms with Crippen LogP contribution in [0, 0.1) is 12.8 Å². The Hall–Kier alpha value is -2.93. The number of halogens is 8. The zero-order chi connectivity index (χ0) is 26.9. The largest absolute Gasteiger partial charge is 0.455 e. The Bertz CT molecular complexity index is 1040. The van der Waals surface area contributed by atoms with Crippen LogP contribution in [-0.4, -0.2) is 45.1 Å². The van der Waals surface area contributed by atoms with Gasteiger partial charge in [-0.15, -0.1) is 0 Å². The Morgan fingerprint density at radius 1 is 1.09 bits per heavy atom. The van der Waals surface area contributed by atoms with Crippen molar-refractivity contribution in [1.82, 2.24) is 14.5 Å². The number of imidazole rings is 1. The van der Waals surface area contributed by atoms with Gasteiger partial charge in [0.05, 0.1) is 5.69 Å². The van der Waals surface area contributed by atoms with Gasteiger partial charge >= 0.3 is 24.9 Å². The smallest absolute Gasteiger partial charge is 0.400 e. The van der Waals surface area contributed by atoms with Crippen molar-refractivity contribution >= 4 is 5.97 Å². The second-order valence-corrected chi connectivity index (χ2v) is 8.54. The topological polar surface area (TPSA) is 66.2 Å². The third-order valence-electron chi connectivity index (χ3n) is 4.63. The summed E-state index contributed by atoms with van der Waals surface area (Å²) in [7, 11) is 0. The highest BCUT2D eigenvalue weighted by Gasteiger charge is 2.56. The Morgan fingerprint density at radius 3 is 2.11 bits per heavy atom. The number of ether oxygens (including phenoxy) is 2. The van der Waals surface area contributed by atoms with Crippen LogP contribution in [-0.2, 0) is 17.6 Å². The van der Waals surface area contributed by atoms with Crippen LogP contribution in [0.5, 0.6) is 5.75 Å². The number of carbonyl (C=O) groups excluding carboxylic acids is 1. The summed E-state index contributed by atoms with van der Waals surface area (Å²) in [6, 6.07) is 0.630. The van der Waals surface area contributed by atoms with Gasteiger partial charge in [-0.1, -0.05) is 6.92 Å². The fraction of sp³-hybridized carbons (Fsp3) is 0.571. The minimum absolute atomic E-state index is 0.0962. The van der Waals surface area contributed by atoms with Crippen molar-refractivity contribution in [1.29, 1.82) is 0 Å². The first-order valence-corrected chi connectivity index (χ1v) is 10.2. The predicted octanol–water partition coefficient (Wildman–Crippen LogP) is 5.98. The lowest BCUT2D eigenvalue weighted by molar-refractivity contribution is -0.283. The number of esters is 1. The van der Waals surface area contributed by atoms with Gasteiger partial charge in [0.1, 0.15) is 11.4 Å². The molecular weight excluding hydrogens is 494 g/mol. The molecule has 2 rings (SSSR count). The highest BCUT2D eigenvalue weighted by Crippen LogP contribution is 2.42. The fourth-order valence-corrected chi connectivity index (χ4v) is 3.19. The van der Waals surface area contributed by atoms with Crippen LogP contribution in [0.25, 0.3) is 5.82 Å². The lowest BCUT2D eigenvalue weighted by Gasteiger charge is -2.23. The number of rotatable bonds is 7. The number of aryl methyl sites for hydroxylation is 1. The van der Waals surface area contributed by atoms with Crippen molar-refractivity contribution in [3.63, 3.8) is 0 Å². The molecule has 0 bridgehead atoms. The molecule has 196 valence electrons. The molecule has 6 nitrogen and oxygen atoms in total. The third-order valence-corrected chi connectivity index (χ3v) is 4.63. The quantitative estimate of drug-likeness (QED) is 0.334. The molecule has 0 saturated carbocycles. The zero-order valence-electron chi connectivity index (χ0n) is 19.3. The van der Waals surface area contributed by atoms with E-state index in [4.69, 9.17) is 4.74 Å². The summed E-state index contributed by atoms with van der Waals surface area (Å²) in [5.74, 6) is -5.59. The molecule has 0 atom stereocenters. The fourth-order valence-electron chi connectivity index (χ4n) is 3.19. The van der Waals surface area contributed by atoms with Crippen LogP contribution in [0.15, 0.2) is 12.3 Å². The Morgan fingerprint density at radius 2 is 1.66 bits per heavy atom. The number of hydrogen-bond acceptors (Lipinski definition) is 5. The molecule has 0 spiro atoms. The molecule has 0 saturated heterocycles. The third kappa shape index (κ3) is 7.04. The maximum Gasteiger partial charge on any atom is 0.400 e. The molecule has 0 N–H and O–H groups in total. The van der Waals surface area contributed by atoms with Crippen molar-refractivity contribution in [2.75, 3.05) is 0 Å². The van der Waals surface area contributed by atoms with Gasteiger partial charge in [0, 0.05) is 12.6 Å². The minimum Gasteiger partial charge on any atom is -0.455 e. The molecule has 0 radical (unpaired) electrons. The van der Waals surface area contributed by atoms with Crippen LogP contribution in [0.2, 0.25) is 0 Å². The van der Waals surface area contributed by atoms with E-state index in [2.05, 4.69) is 14.7 Å². The van der Waals surface area contributed by atoms with Crippen LogP contribution in [0.1, 0.15) is 55.3 Å². The molecule has 0 aliphatic carbocycles. The Kier molecular flexibility index (Phi) is 8.07. The normalized spacial score (nSPS) is 13.0. The summed E-state index contributed by atoms with van der Waals surface area (Å²) in [5.41, 5.74) is -1.58. The van der Waals surface area contributed by atoms with Gasteiger partial charge in [0.25, 0.3) is 0 Å². The van der Waals surface area contributed by atoms with Crippen LogP contribution in [0.3, 0.4) is 0 Å². The minimum atomic E-state index is -5.63. The van der Waals surface area contributed by atoms with Crippen LogP contribution < -0.4 is 4.74 Å². The van der Waals surface area contributed by atoms with Gasteiger partial charge in [0.15, 0.2) is 23.2 Å². The molecule has 2 heterocycles. The van der Waals surface area contributed by atoms with Crippen molar-refractivity contribution in [3.05, 3.63) is 35.0 Å². The standard InChI is InChI=1S/C21H23F8N3O3/c1-6-14-31-15(17(33)35-19(3,4)5)10(2)32(14)16-12(34-18(22)23)7-11(9-30-16)8-13(20(24,25)26)21(27,28)29/h7,9,13,18H,6,8H2,1-5H3. The first-order valence-electron chi connectivity index (χ1n) is 10.2. The molecule has 0 unspecified atom stereocenters. The molecule has 35 heavy (non-hydrogen) atoms. The van der Waals surface area contributed by atoms with E-state index < -0.39 is 54.2 Å². The lowest BCUT2D eigenvalue weighted by Crippen LogP contribution is -2.38. The van der Waals surface area contributed by atoms with Crippen molar-refractivity contribution in [3.8, 4) is 11.6 Å². The number of carbonyl (C=O) groups is 1. The SMILES string of the molecule is CCc1nc(C(=O)OC(C)(C)C)c(C)n1-c1ncc(CC(C(F)(F)F)C(F)(F)F)cc1OC(F)F. The van der Waals surface area contributed by atoms with Gasteiger partial charge in [-0.3, -0.25) is 4.57 Å². The second-order valence-electron chi connectivity index (χ2n) is 8.54. The molecule has 14 heteroatoms. The van der Waals surface area contributed by atoms with Crippen molar-refractivity contribution < 1.29 is 49.4 Å². The summed E-state index contributed by atoms with van der Waals surface area (Å²) in [6.07, 6.45) is -12.0. The van der Waals surface area contributed by atoms with Gasteiger partial charge in [-0.2, -0.15) is 35.1 Å². The maximum atomic E-state index is 13.1. The number of hydrogen-bond donors (Lipinski definition) is 0. The molecule has 0 aliphatic rings. The predicted molar refractivity (Wildman–Crippen MR) is 107 cm³/mol. The summed E-state index contributed by atoms with van der Waals surface area (Å²) in [4.78, 5) is 20.5.